The maximum absolute atomic E-state index is 11.6. The van der Waals surface area contributed by atoms with Crippen LogP contribution in [0.4, 0.5) is 4.79 Å². The maximum Gasteiger partial charge on any atom is 0.326 e. The van der Waals surface area contributed by atoms with E-state index in [4.69, 9.17) is 21.1 Å². The van der Waals surface area contributed by atoms with Crippen molar-refractivity contribution in [3.63, 3.8) is 0 Å². The Balaban J connectivity index is 4.54. The van der Waals surface area contributed by atoms with Crippen molar-refractivity contribution >= 4 is 17.9 Å². The summed E-state index contributed by atoms with van der Waals surface area (Å²) in [7, 11) is 0. The molecule has 0 saturated heterocycles. The summed E-state index contributed by atoms with van der Waals surface area (Å²) in [5, 5.41) is 28.3. The van der Waals surface area contributed by atoms with E-state index >= 15 is 0 Å². The Morgan fingerprint density at radius 2 is 1.67 bits per heavy atom. The van der Waals surface area contributed by atoms with E-state index in [1.165, 1.54) is 0 Å². The van der Waals surface area contributed by atoms with E-state index in [2.05, 4.69) is 5.32 Å². The number of carboxylic acids is 1. The molecule has 0 fully saturated rings. The van der Waals surface area contributed by atoms with Gasteiger partial charge in [-0.2, -0.15) is 0 Å². The number of nitrogens with two attached hydrogens (primary N) is 1. The number of urea groups is 1. The zero-order valence-corrected chi connectivity index (χ0v) is 9.70. The van der Waals surface area contributed by atoms with Gasteiger partial charge in [0.2, 0.25) is 5.91 Å². The molecule has 0 bridgehead atoms. The molecule has 0 heterocycles. The van der Waals surface area contributed by atoms with E-state index in [0.29, 0.717) is 0 Å². The van der Waals surface area contributed by atoms with Crippen LogP contribution in [0.1, 0.15) is 6.42 Å². The summed E-state index contributed by atoms with van der Waals surface area (Å²) in [6.45, 7) is -0.785. The van der Waals surface area contributed by atoms with Crippen LogP contribution >= 0.6 is 0 Å². The highest BCUT2D eigenvalue weighted by atomic mass is 16.4. The van der Waals surface area contributed by atoms with Gasteiger partial charge < -0.3 is 31.3 Å². The summed E-state index contributed by atoms with van der Waals surface area (Å²) in [6.07, 6.45) is -0.535. The summed E-state index contributed by atoms with van der Waals surface area (Å²) in [5.41, 5.74) is 4.85. The van der Waals surface area contributed by atoms with E-state index in [9.17, 15) is 14.4 Å². The third kappa shape index (κ3) is 6.01. The summed E-state index contributed by atoms with van der Waals surface area (Å²) in [5.74, 6) is -2.26. The molecule has 0 aliphatic rings. The van der Waals surface area contributed by atoms with Crippen LogP contribution in [0.5, 0.6) is 0 Å². The van der Waals surface area contributed by atoms with Gasteiger partial charge in [0.1, 0.15) is 6.04 Å². The predicted molar refractivity (Wildman–Crippen MR) is 59.5 cm³/mol. The zero-order chi connectivity index (χ0) is 14.1. The lowest BCUT2D eigenvalue weighted by Crippen LogP contribution is -2.50. The first-order valence-corrected chi connectivity index (χ1v) is 5.20. The van der Waals surface area contributed by atoms with Crippen LogP contribution in [0.3, 0.4) is 0 Å². The van der Waals surface area contributed by atoms with Gasteiger partial charge in [0.15, 0.2) is 0 Å². The van der Waals surface area contributed by atoms with Gasteiger partial charge in [-0.3, -0.25) is 4.79 Å². The van der Waals surface area contributed by atoms with E-state index in [1.54, 1.807) is 0 Å². The van der Waals surface area contributed by atoms with Crippen molar-refractivity contribution in [3.05, 3.63) is 0 Å². The summed E-state index contributed by atoms with van der Waals surface area (Å²) in [6, 6.07) is -2.23. The molecule has 0 unspecified atom stereocenters. The second kappa shape index (κ2) is 8.25. The lowest BCUT2D eigenvalue weighted by molar-refractivity contribution is -0.140. The average molecular weight is 263 g/mol. The van der Waals surface area contributed by atoms with E-state index in [0.717, 1.165) is 4.90 Å². The molecule has 0 radical (unpaired) electrons. The fourth-order valence-electron chi connectivity index (χ4n) is 1.20. The minimum atomic E-state index is -1.44. The van der Waals surface area contributed by atoms with Crippen molar-refractivity contribution < 1.29 is 29.7 Å². The normalized spacial score (nSPS) is 11.7. The first-order valence-electron chi connectivity index (χ1n) is 5.20. The number of amides is 3. The summed E-state index contributed by atoms with van der Waals surface area (Å²) in [4.78, 5) is 34.0. The number of nitrogens with one attached hydrogen (secondary N) is 1. The monoisotopic (exact) mass is 263 g/mol. The van der Waals surface area contributed by atoms with Crippen LogP contribution in [0, 0.1) is 0 Å². The number of hydrogen-bond acceptors (Lipinski definition) is 5. The number of carboxylic acid groups (broad SMARTS) is 1. The number of hydrogen-bond donors (Lipinski definition) is 5. The van der Waals surface area contributed by atoms with Gasteiger partial charge in [-0.05, 0) is 0 Å². The summed E-state index contributed by atoms with van der Waals surface area (Å²) >= 11 is 0. The number of carbonyl (C=O) groups is 3. The van der Waals surface area contributed by atoms with Gasteiger partial charge in [0.25, 0.3) is 0 Å². The van der Waals surface area contributed by atoms with Crippen LogP contribution in [0.15, 0.2) is 0 Å². The molecule has 0 aromatic rings. The lowest BCUT2D eigenvalue weighted by atomic mass is 10.2. The molecule has 104 valence electrons. The van der Waals surface area contributed by atoms with Crippen LogP contribution in [0.2, 0.25) is 0 Å². The Morgan fingerprint density at radius 1 is 1.17 bits per heavy atom. The smallest absolute Gasteiger partial charge is 0.326 e. The zero-order valence-electron chi connectivity index (χ0n) is 9.70. The fraction of sp³-hybridized carbons (Fsp3) is 0.667. The van der Waals surface area contributed by atoms with Crippen molar-refractivity contribution in [2.75, 3.05) is 26.3 Å². The quantitative estimate of drug-likeness (QED) is 0.321. The van der Waals surface area contributed by atoms with Crippen LogP contribution in [0.25, 0.3) is 0 Å². The largest absolute Gasteiger partial charge is 0.480 e. The van der Waals surface area contributed by atoms with Gasteiger partial charge in [0.05, 0.1) is 19.6 Å². The standard InChI is InChI=1S/C9H17N3O6/c10-7(15)5-6(8(16)17)11-9(18)12(1-3-13)2-4-14/h6,13-14H,1-5H2,(H2,10,15)(H,11,18)(H,16,17)/t6-/m1/s1. The Bertz CT molecular complexity index is 303. The van der Waals surface area contributed by atoms with Crippen molar-refractivity contribution in [1.82, 2.24) is 10.2 Å². The number of aliphatic hydroxyl groups is 2. The highest BCUT2D eigenvalue weighted by Crippen LogP contribution is 1.96. The third-order valence-electron chi connectivity index (χ3n) is 2.03. The molecular weight excluding hydrogens is 246 g/mol. The number of carbonyl (C=O) groups excluding carboxylic acids is 2. The van der Waals surface area contributed by atoms with Gasteiger partial charge in [0, 0.05) is 13.1 Å². The topological polar surface area (TPSA) is 153 Å². The third-order valence-corrected chi connectivity index (χ3v) is 2.03. The minimum Gasteiger partial charge on any atom is -0.480 e. The molecule has 18 heavy (non-hydrogen) atoms. The number of rotatable bonds is 8. The number of nitrogens with zero attached hydrogens (tertiary/aromatic N) is 1. The van der Waals surface area contributed by atoms with Crippen LogP contribution in [-0.2, 0) is 9.59 Å². The minimum absolute atomic E-state index is 0.0602. The van der Waals surface area contributed by atoms with Gasteiger partial charge in [-0.25, -0.2) is 9.59 Å². The van der Waals surface area contributed by atoms with Crippen LogP contribution < -0.4 is 11.1 Å². The molecule has 3 amide bonds. The molecule has 1 atom stereocenters. The Labute approximate surface area is 103 Å². The lowest BCUT2D eigenvalue weighted by Gasteiger charge is -2.23. The summed E-state index contributed by atoms with van der Waals surface area (Å²) < 4.78 is 0. The molecule has 0 saturated carbocycles. The number of aliphatic carboxylic acids is 1. The molecule has 9 heteroatoms. The first-order chi connectivity index (χ1) is 8.42. The van der Waals surface area contributed by atoms with Gasteiger partial charge in [-0.1, -0.05) is 0 Å². The van der Waals surface area contributed by atoms with Crippen molar-refractivity contribution in [1.29, 1.82) is 0 Å². The number of primary amides is 1. The molecule has 0 spiro atoms. The molecule has 0 aliphatic heterocycles. The van der Waals surface area contributed by atoms with Crippen molar-refractivity contribution in [2.24, 2.45) is 5.73 Å². The second-order valence-corrected chi connectivity index (χ2v) is 3.45. The highest BCUT2D eigenvalue weighted by molar-refractivity contribution is 5.87. The maximum atomic E-state index is 11.6. The second-order valence-electron chi connectivity index (χ2n) is 3.45. The number of aliphatic hydroxyl groups excluding tert-OH is 2. The molecule has 0 aromatic carbocycles. The van der Waals surface area contributed by atoms with E-state index in [-0.39, 0.29) is 26.3 Å². The van der Waals surface area contributed by atoms with Gasteiger partial charge >= 0.3 is 12.0 Å². The van der Waals surface area contributed by atoms with Crippen molar-refractivity contribution in [3.8, 4) is 0 Å². The molecule has 9 nitrogen and oxygen atoms in total. The molecule has 0 rings (SSSR count). The average Bonchev–Trinajstić information content (AvgIpc) is 2.27. The molecular formula is C9H17N3O6. The van der Waals surface area contributed by atoms with E-state index in [1.807, 2.05) is 0 Å². The molecule has 0 aromatic heterocycles. The van der Waals surface area contributed by atoms with E-state index < -0.39 is 30.4 Å². The Kier molecular flexibility index (Phi) is 7.40. The van der Waals surface area contributed by atoms with Crippen molar-refractivity contribution in [2.45, 2.75) is 12.5 Å². The van der Waals surface area contributed by atoms with Crippen LogP contribution in [-0.4, -0.2) is 70.5 Å². The Hall–Kier alpha value is -1.87. The fourth-order valence-corrected chi connectivity index (χ4v) is 1.20. The first kappa shape index (κ1) is 16.1. The SMILES string of the molecule is NC(=O)C[C@@H](NC(=O)N(CCO)CCO)C(=O)O. The molecule has 0 aliphatic carbocycles. The Morgan fingerprint density at radius 3 is 2.00 bits per heavy atom. The predicted octanol–water partition coefficient (Wildman–Crippen LogP) is -2.69. The highest BCUT2D eigenvalue weighted by Gasteiger charge is 2.24. The van der Waals surface area contributed by atoms with Gasteiger partial charge in [-0.15, -0.1) is 0 Å². The molecule has 6 N–H and O–H groups in total.